The summed E-state index contributed by atoms with van der Waals surface area (Å²) in [6.45, 7) is 2.47. The number of hydrogen-bond donors (Lipinski definition) is 2. The molecule has 0 aliphatic rings. The number of hydrogen-bond acceptors (Lipinski definition) is 4. The molecule has 0 aliphatic heterocycles. The highest BCUT2D eigenvalue weighted by Gasteiger charge is 2.29. The SMILES string of the molecule is C.CC(=O)Nc1ccc(SC(Cl)(Cl)Cl)cc1F.CC(=O)Nc1ccc(SC(F)(F)F)cc1F. The van der Waals surface area contributed by atoms with Gasteiger partial charge in [0.05, 0.1) is 11.4 Å². The number of alkyl halides is 6. The lowest BCUT2D eigenvalue weighted by molar-refractivity contribution is -0.115. The number of carbonyl (C=O) groups is 2. The van der Waals surface area contributed by atoms with Crippen LogP contribution in [0.4, 0.5) is 33.3 Å². The Balaban J connectivity index is 0.000000602. The molecule has 14 heteroatoms. The number of anilines is 2. The van der Waals surface area contributed by atoms with Crippen molar-refractivity contribution in [1.29, 1.82) is 0 Å². The third-order valence-electron chi connectivity index (χ3n) is 2.97. The van der Waals surface area contributed by atoms with E-state index in [1.165, 1.54) is 26.0 Å². The molecule has 0 bridgehead atoms. The Morgan fingerprint density at radius 1 is 0.788 bits per heavy atom. The summed E-state index contributed by atoms with van der Waals surface area (Å²) in [5.41, 5.74) is -4.50. The van der Waals surface area contributed by atoms with E-state index in [0.29, 0.717) is 4.90 Å². The summed E-state index contributed by atoms with van der Waals surface area (Å²) in [6, 6.07) is 7.06. The number of nitrogens with one attached hydrogen (secondary N) is 2. The van der Waals surface area contributed by atoms with Gasteiger partial charge in [0.2, 0.25) is 14.9 Å². The number of benzene rings is 2. The van der Waals surface area contributed by atoms with Crippen molar-refractivity contribution in [2.75, 3.05) is 10.6 Å². The molecule has 33 heavy (non-hydrogen) atoms. The van der Waals surface area contributed by atoms with E-state index >= 15 is 0 Å². The highest BCUT2D eigenvalue weighted by molar-refractivity contribution is 8.04. The van der Waals surface area contributed by atoms with Crippen molar-refractivity contribution in [2.45, 2.75) is 39.7 Å². The third kappa shape index (κ3) is 13.8. The van der Waals surface area contributed by atoms with Gasteiger partial charge >= 0.3 is 5.51 Å². The van der Waals surface area contributed by atoms with Gasteiger partial charge in [0.15, 0.2) is 0 Å². The summed E-state index contributed by atoms with van der Waals surface area (Å²) in [5, 5.41) is 4.50. The molecule has 0 aliphatic carbocycles. The van der Waals surface area contributed by atoms with Crippen LogP contribution in [-0.2, 0) is 9.59 Å². The van der Waals surface area contributed by atoms with E-state index in [1.54, 1.807) is 6.07 Å². The Labute approximate surface area is 210 Å². The summed E-state index contributed by atoms with van der Waals surface area (Å²) in [7, 11) is 0. The first kappa shape index (κ1) is 31.6. The average Bonchev–Trinajstić information content (AvgIpc) is 2.57. The van der Waals surface area contributed by atoms with Crippen molar-refractivity contribution in [3.05, 3.63) is 48.0 Å². The highest BCUT2D eigenvalue weighted by Crippen LogP contribution is 2.44. The minimum absolute atomic E-state index is 0. The second-order valence-electron chi connectivity index (χ2n) is 5.74. The predicted molar refractivity (Wildman–Crippen MR) is 126 cm³/mol. The summed E-state index contributed by atoms with van der Waals surface area (Å²) in [6.07, 6.45) is 0. The molecule has 2 amide bonds. The van der Waals surface area contributed by atoms with Gasteiger partial charge in [-0.15, -0.1) is 0 Å². The van der Waals surface area contributed by atoms with Crippen LogP contribution in [0, 0.1) is 11.6 Å². The quantitative estimate of drug-likeness (QED) is 0.220. The van der Waals surface area contributed by atoms with Gasteiger partial charge in [-0.2, -0.15) is 13.2 Å². The van der Waals surface area contributed by atoms with Gasteiger partial charge < -0.3 is 10.6 Å². The lowest BCUT2D eigenvalue weighted by Crippen LogP contribution is -2.07. The Kier molecular flexibility index (Phi) is 12.9. The molecule has 2 aromatic rings. The Hall–Kier alpha value is -1.40. The van der Waals surface area contributed by atoms with Crippen LogP contribution in [0.25, 0.3) is 0 Å². The summed E-state index contributed by atoms with van der Waals surface area (Å²) < 4.78 is 60.9. The van der Waals surface area contributed by atoms with Crippen molar-refractivity contribution in [3.8, 4) is 0 Å². The van der Waals surface area contributed by atoms with Crippen LogP contribution in [0.2, 0.25) is 0 Å². The maximum Gasteiger partial charge on any atom is 0.446 e. The summed E-state index contributed by atoms with van der Waals surface area (Å²) >= 11 is 17.1. The molecule has 0 saturated heterocycles. The molecular formula is C19H18Cl3F5N2O2S2. The van der Waals surface area contributed by atoms with Gasteiger partial charge in [-0.1, -0.05) is 54.0 Å². The molecule has 0 atom stereocenters. The fourth-order valence-electron chi connectivity index (χ4n) is 1.97. The van der Waals surface area contributed by atoms with Gasteiger partial charge in [0, 0.05) is 23.6 Å². The Bertz CT molecular complexity index is 896. The molecule has 184 valence electrons. The van der Waals surface area contributed by atoms with Crippen LogP contribution < -0.4 is 10.6 Å². The monoisotopic (exact) mass is 570 g/mol. The minimum atomic E-state index is -4.46. The van der Waals surface area contributed by atoms with E-state index in [4.69, 9.17) is 34.8 Å². The first-order chi connectivity index (χ1) is 14.6. The van der Waals surface area contributed by atoms with Crippen molar-refractivity contribution in [3.63, 3.8) is 0 Å². The minimum Gasteiger partial charge on any atom is -0.324 e. The summed E-state index contributed by atoms with van der Waals surface area (Å²) in [5.74, 6) is -2.31. The van der Waals surface area contributed by atoms with Crippen LogP contribution >= 0.6 is 58.3 Å². The molecule has 2 rings (SSSR count). The van der Waals surface area contributed by atoms with Gasteiger partial charge in [0.1, 0.15) is 11.6 Å². The van der Waals surface area contributed by atoms with Gasteiger partial charge in [-0.3, -0.25) is 9.59 Å². The molecule has 0 unspecified atom stereocenters. The largest absolute Gasteiger partial charge is 0.446 e. The van der Waals surface area contributed by atoms with Crippen molar-refractivity contribution < 1.29 is 31.5 Å². The van der Waals surface area contributed by atoms with Crippen molar-refractivity contribution in [1.82, 2.24) is 0 Å². The molecule has 2 N–H and O–H groups in total. The number of halogens is 8. The zero-order chi connectivity index (χ0) is 24.7. The molecule has 0 spiro atoms. The molecule has 0 radical (unpaired) electrons. The molecule has 4 nitrogen and oxygen atoms in total. The highest BCUT2D eigenvalue weighted by atomic mass is 35.6. The standard InChI is InChI=1S/C9H7Cl3FNOS.C9H7F4NOS.CH4/c1-5(15)14-8-3-2-6(4-7(8)13)16-9(10,11)12;1-5(15)14-8-3-2-6(4-7(8)10)16-9(11,12)13;/h2*2-4H,1H3,(H,14,15);1H4. The first-order valence-electron chi connectivity index (χ1n) is 8.21. The zero-order valence-electron chi connectivity index (χ0n) is 16.1. The molecule has 0 fully saturated rings. The summed E-state index contributed by atoms with van der Waals surface area (Å²) in [4.78, 5) is 21.5. The van der Waals surface area contributed by atoms with Crippen LogP contribution in [0.1, 0.15) is 21.3 Å². The average molecular weight is 572 g/mol. The second-order valence-corrected chi connectivity index (χ2v) is 11.1. The fourth-order valence-corrected chi connectivity index (χ4v) is 3.90. The van der Waals surface area contributed by atoms with Gasteiger partial charge in [0.25, 0.3) is 0 Å². The van der Waals surface area contributed by atoms with E-state index in [0.717, 1.165) is 30.0 Å². The third-order valence-corrected chi connectivity index (χ3v) is 5.11. The first-order valence-corrected chi connectivity index (χ1v) is 11.0. The number of thioether (sulfide) groups is 2. The maximum atomic E-state index is 13.4. The van der Waals surface area contributed by atoms with Crippen LogP contribution in [-0.4, -0.2) is 20.4 Å². The maximum absolute atomic E-state index is 13.4. The fraction of sp³-hybridized carbons (Fsp3) is 0.263. The van der Waals surface area contributed by atoms with E-state index in [9.17, 15) is 31.5 Å². The Morgan fingerprint density at radius 2 is 1.15 bits per heavy atom. The molecule has 0 heterocycles. The lowest BCUT2D eigenvalue weighted by atomic mass is 10.3. The zero-order valence-corrected chi connectivity index (χ0v) is 20.0. The molecule has 2 aromatic carbocycles. The lowest BCUT2D eigenvalue weighted by Gasteiger charge is -2.11. The predicted octanol–water partition coefficient (Wildman–Crippen LogP) is 8.24. The van der Waals surface area contributed by atoms with Crippen LogP contribution in [0.15, 0.2) is 46.2 Å². The van der Waals surface area contributed by atoms with Crippen molar-refractivity contribution >= 4 is 81.5 Å². The van der Waals surface area contributed by atoms with E-state index in [1.807, 2.05) is 0 Å². The number of carbonyl (C=O) groups excluding carboxylic acids is 2. The topological polar surface area (TPSA) is 58.2 Å². The number of amides is 2. The van der Waals surface area contributed by atoms with Gasteiger partial charge in [-0.05, 0) is 48.2 Å². The molecular weight excluding hydrogens is 554 g/mol. The smallest absolute Gasteiger partial charge is 0.324 e. The number of rotatable bonds is 4. The van der Waals surface area contributed by atoms with Crippen molar-refractivity contribution in [2.24, 2.45) is 0 Å². The van der Waals surface area contributed by atoms with Gasteiger partial charge in [-0.25, -0.2) is 8.78 Å². The van der Waals surface area contributed by atoms with E-state index < -0.39 is 37.9 Å². The van der Waals surface area contributed by atoms with E-state index in [-0.39, 0.29) is 29.6 Å². The van der Waals surface area contributed by atoms with Crippen LogP contribution in [0.5, 0.6) is 0 Å². The molecule has 0 aromatic heterocycles. The van der Waals surface area contributed by atoms with E-state index in [2.05, 4.69) is 10.6 Å². The van der Waals surface area contributed by atoms with Crippen LogP contribution in [0.3, 0.4) is 0 Å². The second kappa shape index (κ2) is 13.5. The normalized spacial score (nSPS) is 11.0. The Morgan fingerprint density at radius 3 is 1.42 bits per heavy atom. The molecule has 0 saturated carbocycles.